The molecule has 0 aromatic carbocycles. The van der Waals surface area contributed by atoms with Gasteiger partial charge in [0.1, 0.15) is 11.3 Å². The Labute approximate surface area is 124 Å². The van der Waals surface area contributed by atoms with Gasteiger partial charge in [0.2, 0.25) is 0 Å². The fourth-order valence-electron chi connectivity index (χ4n) is 2.77. The number of rotatable bonds is 6. The largest absolute Gasteiger partial charge is 0.383 e. The number of imidazole rings is 1. The van der Waals surface area contributed by atoms with E-state index < -0.39 is 0 Å². The van der Waals surface area contributed by atoms with Crippen LogP contribution in [0.15, 0.2) is 0 Å². The molecule has 0 N–H and O–H groups in total. The Hall–Kier alpha value is -1.07. The lowest BCUT2D eigenvalue weighted by atomic mass is 10.1. The number of halogens is 1. The summed E-state index contributed by atoms with van der Waals surface area (Å²) in [4.78, 5) is 4.71. The third-order valence-corrected chi connectivity index (χ3v) is 3.76. The molecule has 2 heterocycles. The second-order valence-corrected chi connectivity index (χ2v) is 5.89. The highest BCUT2D eigenvalue weighted by Gasteiger charge is 2.25. The molecule has 112 valence electrons. The number of hydrogen-bond acceptors (Lipinski definition) is 3. The van der Waals surface area contributed by atoms with Crippen molar-refractivity contribution in [1.82, 2.24) is 19.3 Å². The van der Waals surface area contributed by atoms with Crippen molar-refractivity contribution in [2.45, 2.75) is 45.0 Å². The van der Waals surface area contributed by atoms with E-state index >= 15 is 0 Å². The van der Waals surface area contributed by atoms with Gasteiger partial charge in [-0.1, -0.05) is 13.3 Å². The number of hydrogen-bond donors (Lipinski definition) is 0. The van der Waals surface area contributed by atoms with Gasteiger partial charge >= 0.3 is 0 Å². The third-order valence-electron chi connectivity index (χ3n) is 3.56. The zero-order valence-corrected chi connectivity index (χ0v) is 13.6. The smallest absolute Gasteiger partial charge is 0.159 e. The van der Waals surface area contributed by atoms with Crippen LogP contribution in [0.2, 0.25) is 0 Å². The van der Waals surface area contributed by atoms with Gasteiger partial charge in [-0.25, -0.2) is 4.98 Å². The Morgan fingerprint density at radius 3 is 2.65 bits per heavy atom. The molecule has 0 saturated heterocycles. The lowest BCUT2D eigenvalue weighted by Crippen LogP contribution is -2.19. The van der Waals surface area contributed by atoms with E-state index in [9.17, 15) is 0 Å². The monoisotopic (exact) mass is 298 g/mol. The summed E-state index contributed by atoms with van der Waals surface area (Å²) < 4.78 is 9.49. The minimum absolute atomic E-state index is 0.141. The van der Waals surface area contributed by atoms with Crippen molar-refractivity contribution in [3.8, 4) is 0 Å². The fraction of sp³-hybridized carbons (Fsp3) is 0.714. The number of aromatic nitrogens is 4. The van der Waals surface area contributed by atoms with E-state index in [0.29, 0.717) is 6.61 Å². The average molecular weight is 299 g/mol. The van der Waals surface area contributed by atoms with E-state index in [1.807, 2.05) is 25.6 Å². The van der Waals surface area contributed by atoms with E-state index in [2.05, 4.69) is 16.6 Å². The van der Waals surface area contributed by atoms with Crippen molar-refractivity contribution in [2.75, 3.05) is 13.7 Å². The van der Waals surface area contributed by atoms with Crippen molar-refractivity contribution in [2.24, 2.45) is 7.05 Å². The highest BCUT2D eigenvalue weighted by atomic mass is 35.5. The summed E-state index contributed by atoms with van der Waals surface area (Å²) in [6, 6.07) is 0.237. The molecule has 0 aliphatic heterocycles. The van der Waals surface area contributed by atoms with Crippen molar-refractivity contribution in [1.29, 1.82) is 0 Å². The summed E-state index contributed by atoms with van der Waals surface area (Å²) in [6.45, 7) is 6.76. The van der Waals surface area contributed by atoms with Gasteiger partial charge in [0.05, 0.1) is 23.7 Å². The van der Waals surface area contributed by atoms with Crippen molar-refractivity contribution >= 4 is 22.8 Å². The first-order valence-electron chi connectivity index (χ1n) is 7.05. The van der Waals surface area contributed by atoms with Gasteiger partial charge in [0.15, 0.2) is 5.65 Å². The predicted molar refractivity (Wildman–Crippen MR) is 81.3 cm³/mol. The summed E-state index contributed by atoms with van der Waals surface area (Å²) in [5.74, 6) is 0.897. The molecule has 0 fully saturated rings. The molecule has 6 heteroatoms. The molecule has 0 aliphatic carbocycles. The number of ether oxygens (including phenoxy) is 1. The van der Waals surface area contributed by atoms with Gasteiger partial charge < -0.3 is 9.30 Å². The van der Waals surface area contributed by atoms with Crippen LogP contribution < -0.4 is 0 Å². The molecule has 0 amide bonds. The highest BCUT2D eigenvalue weighted by molar-refractivity contribution is 6.20. The second kappa shape index (κ2) is 6.14. The molecule has 2 aromatic heterocycles. The van der Waals surface area contributed by atoms with Gasteiger partial charge in [-0.05, 0) is 20.3 Å². The molecule has 0 spiro atoms. The molecule has 2 aromatic rings. The molecule has 0 bridgehead atoms. The van der Waals surface area contributed by atoms with Gasteiger partial charge in [-0.2, -0.15) is 5.10 Å². The number of methoxy groups -OCH3 is 1. The van der Waals surface area contributed by atoms with Crippen LogP contribution in [0.1, 0.15) is 49.6 Å². The van der Waals surface area contributed by atoms with Crippen LogP contribution in [-0.2, 0) is 11.8 Å². The van der Waals surface area contributed by atoms with E-state index in [0.717, 1.165) is 35.5 Å². The summed E-state index contributed by atoms with van der Waals surface area (Å²) in [7, 11) is 3.68. The maximum absolute atomic E-state index is 6.33. The second-order valence-electron chi connectivity index (χ2n) is 5.24. The first-order chi connectivity index (χ1) is 9.51. The van der Waals surface area contributed by atoms with E-state index in [-0.39, 0.29) is 11.4 Å². The molecular formula is C14H23ClN4O. The van der Waals surface area contributed by atoms with Gasteiger partial charge in [-0.15, -0.1) is 11.6 Å². The quantitative estimate of drug-likeness (QED) is 0.768. The van der Waals surface area contributed by atoms with Crippen LogP contribution in [0, 0.1) is 6.92 Å². The Kier molecular flexibility index (Phi) is 4.70. The zero-order chi connectivity index (χ0) is 14.9. The maximum atomic E-state index is 6.33. The molecule has 5 nitrogen and oxygen atoms in total. The van der Waals surface area contributed by atoms with Crippen LogP contribution >= 0.6 is 11.6 Å². The molecule has 20 heavy (non-hydrogen) atoms. The molecule has 2 unspecified atom stereocenters. The van der Waals surface area contributed by atoms with Crippen LogP contribution in [0.4, 0.5) is 0 Å². The minimum Gasteiger partial charge on any atom is -0.383 e. The van der Waals surface area contributed by atoms with E-state index in [1.165, 1.54) is 0 Å². The van der Waals surface area contributed by atoms with Crippen molar-refractivity contribution in [3.05, 3.63) is 11.5 Å². The number of nitrogens with zero attached hydrogens (tertiary/aromatic N) is 4. The van der Waals surface area contributed by atoms with Crippen LogP contribution in [-0.4, -0.2) is 33.0 Å². The Morgan fingerprint density at radius 2 is 2.10 bits per heavy atom. The topological polar surface area (TPSA) is 44.9 Å². The minimum atomic E-state index is -0.141. The van der Waals surface area contributed by atoms with E-state index in [1.54, 1.807) is 7.11 Å². The number of fused-ring (bicyclic) bond motifs is 1. The summed E-state index contributed by atoms with van der Waals surface area (Å²) in [6.07, 6.45) is 2.11. The van der Waals surface area contributed by atoms with E-state index in [4.69, 9.17) is 21.3 Å². The first-order valence-corrected chi connectivity index (χ1v) is 7.49. The summed E-state index contributed by atoms with van der Waals surface area (Å²) >= 11 is 6.33. The van der Waals surface area contributed by atoms with Crippen LogP contribution in [0.5, 0.6) is 0 Å². The molecule has 0 radical (unpaired) electrons. The van der Waals surface area contributed by atoms with Crippen LogP contribution in [0.25, 0.3) is 11.2 Å². The Morgan fingerprint density at radius 1 is 1.40 bits per heavy atom. The van der Waals surface area contributed by atoms with Gasteiger partial charge in [0.25, 0.3) is 0 Å². The van der Waals surface area contributed by atoms with Gasteiger partial charge in [-0.3, -0.25) is 4.68 Å². The lowest BCUT2D eigenvalue weighted by Gasteiger charge is -2.21. The van der Waals surface area contributed by atoms with Crippen LogP contribution in [0.3, 0.4) is 0 Å². The zero-order valence-electron chi connectivity index (χ0n) is 12.9. The normalized spacial score (nSPS) is 14.9. The maximum Gasteiger partial charge on any atom is 0.159 e. The SMILES string of the molecule is CCCC(COC)n1c(C(C)Cl)nc2c(C)nn(C)c21. The standard InChI is InChI=1S/C14H23ClN4O/c1-6-7-11(8-20-5)19-13(9(2)15)16-12-10(3)17-18(4)14(12)19/h9,11H,6-8H2,1-5H3. The summed E-state index contributed by atoms with van der Waals surface area (Å²) in [5, 5.41) is 4.32. The summed E-state index contributed by atoms with van der Waals surface area (Å²) in [5.41, 5.74) is 2.90. The number of aryl methyl sites for hydroxylation is 2. The molecular weight excluding hydrogens is 276 g/mol. The van der Waals surface area contributed by atoms with Gasteiger partial charge in [0, 0.05) is 14.2 Å². The highest BCUT2D eigenvalue weighted by Crippen LogP contribution is 2.31. The molecule has 2 rings (SSSR count). The Balaban J connectivity index is 2.65. The lowest BCUT2D eigenvalue weighted by molar-refractivity contribution is 0.150. The Bertz CT molecular complexity index is 582. The third kappa shape index (κ3) is 2.56. The predicted octanol–water partition coefficient (Wildman–Crippen LogP) is 3.37. The van der Waals surface area contributed by atoms with Crippen molar-refractivity contribution in [3.63, 3.8) is 0 Å². The average Bonchev–Trinajstić information content (AvgIpc) is 2.89. The first kappa shape index (κ1) is 15.3. The molecule has 0 saturated carbocycles. The molecule has 2 atom stereocenters. The molecule has 0 aliphatic rings. The van der Waals surface area contributed by atoms with Crippen molar-refractivity contribution < 1.29 is 4.74 Å². The fourth-order valence-corrected chi connectivity index (χ4v) is 2.92. The number of alkyl halides is 1.